The van der Waals surface area contributed by atoms with Gasteiger partial charge in [0.1, 0.15) is 35.4 Å². The van der Waals surface area contributed by atoms with Crippen LogP contribution >= 0.6 is 45.3 Å². The quantitative estimate of drug-likeness (QED) is 0.0970. The van der Waals surface area contributed by atoms with Gasteiger partial charge in [0.2, 0.25) is 0 Å². The van der Waals surface area contributed by atoms with E-state index in [0.29, 0.717) is 9.75 Å². The Kier molecular flexibility index (Phi) is 8.02. The number of allylic oxidation sites excluding steroid dienone is 6. The number of benzene rings is 2. The van der Waals surface area contributed by atoms with Crippen molar-refractivity contribution in [2.45, 2.75) is 37.5 Å². The summed E-state index contributed by atoms with van der Waals surface area (Å²) in [4.78, 5) is 30.8. The van der Waals surface area contributed by atoms with E-state index in [1.165, 1.54) is 32.9 Å². The molecule has 0 bridgehead atoms. The average molecular weight is 839 g/mol. The van der Waals surface area contributed by atoms with E-state index in [4.69, 9.17) is 0 Å². The maximum atomic E-state index is 14.4. The number of nitrogens with zero attached hydrogens (tertiary/aromatic N) is 4. The normalized spacial score (nSPS) is 17.4. The highest BCUT2D eigenvalue weighted by Crippen LogP contribution is 2.65. The second-order valence-electron chi connectivity index (χ2n) is 14.3. The van der Waals surface area contributed by atoms with Crippen molar-refractivity contribution in [3.8, 4) is 34.0 Å². The van der Waals surface area contributed by atoms with Crippen molar-refractivity contribution in [2.75, 3.05) is 0 Å². The van der Waals surface area contributed by atoms with Crippen LogP contribution in [0.2, 0.25) is 0 Å². The maximum absolute atomic E-state index is 14.4. The molecule has 2 aromatic carbocycles. The lowest BCUT2D eigenvalue weighted by Gasteiger charge is -2.35. The van der Waals surface area contributed by atoms with E-state index >= 15 is 0 Å². The Hall–Kier alpha value is -6.26. The summed E-state index contributed by atoms with van der Waals surface area (Å²) in [5.41, 5.74) is 1.14. The minimum Gasteiger partial charge on any atom is -0.289 e. The first kappa shape index (κ1) is 36.1. The molecule has 0 amide bonds. The first-order chi connectivity index (χ1) is 28.0. The maximum Gasteiger partial charge on any atom is 0.194 e. The largest absolute Gasteiger partial charge is 0.289 e. The van der Waals surface area contributed by atoms with Gasteiger partial charge in [-0.25, -0.2) is 17.6 Å². The molecule has 0 radical (unpaired) electrons. The third kappa shape index (κ3) is 4.87. The summed E-state index contributed by atoms with van der Waals surface area (Å²) < 4.78 is 61.5. The fourth-order valence-corrected chi connectivity index (χ4v) is 14.7. The third-order valence-electron chi connectivity index (χ3n) is 11.4. The first-order valence-electron chi connectivity index (χ1n) is 17.8. The highest BCUT2D eigenvalue weighted by Gasteiger charge is 2.48. The van der Waals surface area contributed by atoms with Crippen molar-refractivity contribution in [3.63, 3.8) is 0 Å². The van der Waals surface area contributed by atoms with Crippen LogP contribution in [0.25, 0.3) is 51.9 Å². The Morgan fingerprint density at radius 3 is 1.59 bits per heavy atom. The number of nitriles is 4. The first-order valence-corrected chi connectivity index (χ1v) is 21.0. The summed E-state index contributed by atoms with van der Waals surface area (Å²) in [5, 5.41) is 39.1. The summed E-state index contributed by atoms with van der Waals surface area (Å²) >= 11 is 6.23. The highest BCUT2D eigenvalue weighted by molar-refractivity contribution is 7.40. The van der Waals surface area contributed by atoms with Crippen molar-refractivity contribution in [1.29, 1.82) is 21.0 Å². The number of hydrogen-bond acceptors (Lipinski definition) is 10. The van der Waals surface area contributed by atoms with E-state index in [2.05, 4.69) is 6.07 Å². The zero-order valence-electron chi connectivity index (χ0n) is 29.4. The van der Waals surface area contributed by atoms with Crippen molar-refractivity contribution in [2.24, 2.45) is 0 Å². The molecule has 1 spiro atoms. The molecule has 4 aliphatic rings. The van der Waals surface area contributed by atoms with Crippen LogP contribution in [0, 0.1) is 68.6 Å². The molecule has 1 saturated carbocycles. The van der Waals surface area contributed by atoms with E-state index in [-0.39, 0.29) is 61.1 Å². The van der Waals surface area contributed by atoms with Crippen LogP contribution in [-0.4, -0.2) is 11.6 Å². The van der Waals surface area contributed by atoms with Gasteiger partial charge < -0.3 is 0 Å². The van der Waals surface area contributed by atoms with E-state index in [1.54, 1.807) is 47.0 Å². The molecule has 0 atom stereocenters. The van der Waals surface area contributed by atoms with Crippen molar-refractivity contribution in [1.82, 2.24) is 0 Å². The third-order valence-corrected chi connectivity index (χ3v) is 16.5. The summed E-state index contributed by atoms with van der Waals surface area (Å²) in [7, 11) is 0. The molecular formula is C44H18F4N4O2S4. The lowest BCUT2D eigenvalue weighted by atomic mass is 9.68. The minimum atomic E-state index is -1.21. The zero-order valence-corrected chi connectivity index (χ0v) is 32.7. The molecule has 58 heavy (non-hydrogen) atoms. The number of hydrogen-bond donors (Lipinski definition) is 0. The van der Waals surface area contributed by atoms with Gasteiger partial charge in [-0.1, -0.05) is 19.3 Å². The molecule has 278 valence electrons. The number of carbonyl (C=O) groups is 2. The summed E-state index contributed by atoms with van der Waals surface area (Å²) in [6.07, 6.45) is 8.13. The van der Waals surface area contributed by atoms with Crippen LogP contribution in [0.1, 0.15) is 84.8 Å². The smallest absolute Gasteiger partial charge is 0.194 e. The Labute approximate surface area is 342 Å². The summed E-state index contributed by atoms with van der Waals surface area (Å²) in [6, 6.07) is 14.5. The summed E-state index contributed by atoms with van der Waals surface area (Å²) in [6.45, 7) is 0. The Balaban J connectivity index is 1.11. The van der Waals surface area contributed by atoms with Gasteiger partial charge in [0, 0.05) is 63.7 Å². The molecule has 14 heteroatoms. The SMILES string of the molecule is N#CC(C#N)=C1/C(=C/c2cc3c(s2)-c2sc4c(sc5cc(/C=C6/C(=O)c7cc(F)c(F)cc7C6=C(C#N)C#N)sc54)c2C32CCCCC2)C(=O)c2cc(F)c(F)cc21. The van der Waals surface area contributed by atoms with Gasteiger partial charge in [0.05, 0.1) is 19.0 Å². The lowest BCUT2D eigenvalue weighted by molar-refractivity contribution is 0.103. The molecule has 6 aromatic rings. The molecule has 0 N–H and O–H groups in total. The van der Waals surface area contributed by atoms with Gasteiger partial charge in [-0.05, 0) is 78.1 Å². The van der Waals surface area contributed by atoms with Crippen LogP contribution in [0.5, 0.6) is 0 Å². The molecule has 0 aliphatic heterocycles. The zero-order chi connectivity index (χ0) is 40.4. The van der Waals surface area contributed by atoms with Crippen LogP contribution in [0.4, 0.5) is 17.6 Å². The van der Waals surface area contributed by atoms with E-state index < -0.39 is 34.8 Å². The Morgan fingerprint density at radius 1 is 0.569 bits per heavy atom. The molecule has 4 aliphatic carbocycles. The number of thiophene rings is 4. The summed E-state index contributed by atoms with van der Waals surface area (Å²) in [5.74, 6) is -6.01. The molecule has 6 nitrogen and oxygen atoms in total. The number of ketones is 2. The number of Topliss-reactive ketones (excluding diaryl/α,β-unsaturated/α-hetero) is 2. The monoisotopic (exact) mass is 838 g/mol. The van der Waals surface area contributed by atoms with Crippen molar-refractivity contribution in [3.05, 3.63) is 125 Å². The van der Waals surface area contributed by atoms with Crippen LogP contribution in [0.15, 0.2) is 58.7 Å². The van der Waals surface area contributed by atoms with Gasteiger partial charge in [-0.2, -0.15) is 21.0 Å². The number of fused-ring (bicyclic) bond motifs is 11. The van der Waals surface area contributed by atoms with Gasteiger partial charge >= 0.3 is 0 Å². The fourth-order valence-electron chi connectivity index (χ4n) is 8.94. The van der Waals surface area contributed by atoms with Gasteiger partial charge in [-0.15, -0.1) is 45.3 Å². The molecule has 0 saturated heterocycles. The highest BCUT2D eigenvalue weighted by atomic mass is 32.1. The molecule has 0 unspecified atom stereocenters. The molecule has 1 fully saturated rings. The number of rotatable bonds is 2. The molecular weight excluding hydrogens is 821 g/mol. The van der Waals surface area contributed by atoms with Crippen LogP contribution in [-0.2, 0) is 5.41 Å². The van der Waals surface area contributed by atoms with Crippen molar-refractivity contribution < 1.29 is 27.2 Å². The predicted molar refractivity (Wildman–Crippen MR) is 216 cm³/mol. The van der Waals surface area contributed by atoms with E-state index in [9.17, 15) is 48.2 Å². The van der Waals surface area contributed by atoms with Gasteiger partial charge in [0.25, 0.3) is 0 Å². The standard InChI is InChI=1S/C44H18F4N4O2S4/c45-29-10-22-24(12-31(29)47)37(53)26(34(22)18(14-49)15-50)6-20-8-28-39(55-20)41-36(44(28)4-2-1-3-5-44)42-43(58-41)40-33(57-42)9-21(56-40)7-27-35(19(16-51)17-52)23-11-30(46)32(48)13-25(23)38(27)54/h6-13H,1-5H2/b26-6-,27-7+. The fraction of sp³-hybridized carbons (Fsp3) is 0.136. The van der Waals surface area contributed by atoms with Gasteiger partial charge in [0.15, 0.2) is 34.8 Å². The Morgan fingerprint density at radius 2 is 1.07 bits per heavy atom. The molecule has 4 heterocycles. The van der Waals surface area contributed by atoms with Crippen LogP contribution in [0.3, 0.4) is 0 Å². The topological polar surface area (TPSA) is 129 Å². The van der Waals surface area contributed by atoms with Crippen molar-refractivity contribution >= 4 is 99.0 Å². The Bertz CT molecular complexity index is 3270. The lowest BCUT2D eigenvalue weighted by Crippen LogP contribution is -2.27. The molecule has 10 rings (SSSR count). The number of carbonyl (C=O) groups excluding carboxylic acids is 2. The minimum absolute atomic E-state index is 0.00398. The van der Waals surface area contributed by atoms with E-state index in [0.717, 1.165) is 85.8 Å². The second kappa shape index (κ2) is 12.9. The predicted octanol–water partition coefficient (Wildman–Crippen LogP) is 12.2. The molecule has 4 aromatic heterocycles. The van der Waals surface area contributed by atoms with Crippen LogP contribution < -0.4 is 0 Å². The average Bonchev–Trinajstić information content (AvgIpc) is 4.07. The second-order valence-corrected chi connectivity index (χ2v) is 18.5. The van der Waals surface area contributed by atoms with E-state index in [1.807, 2.05) is 18.2 Å². The number of halogens is 4. The van der Waals surface area contributed by atoms with Gasteiger partial charge in [-0.3, -0.25) is 9.59 Å².